The van der Waals surface area contributed by atoms with E-state index in [9.17, 15) is 8.78 Å². The van der Waals surface area contributed by atoms with Crippen molar-refractivity contribution >= 4 is 11.8 Å². The fourth-order valence-corrected chi connectivity index (χ4v) is 5.96. The largest absolute Gasteiger partial charge is 0.382 e. The van der Waals surface area contributed by atoms with E-state index in [1.807, 2.05) is 27.7 Å². The summed E-state index contributed by atoms with van der Waals surface area (Å²) in [5, 5.41) is 0. The molecule has 282 valence electrons. The van der Waals surface area contributed by atoms with Crippen LogP contribution < -0.4 is 0 Å². The van der Waals surface area contributed by atoms with Crippen molar-refractivity contribution in [1.82, 2.24) is 0 Å². The Morgan fingerprint density at radius 1 is 0.652 bits per heavy atom. The molecule has 0 radical (unpaired) electrons. The Labute approximate surface area is 290 Å². The number of methoxy groups -OCH3 is 1. The summed E-state index contributed by atoms with van der Waals surface area (Å²) in [5.74, 6) is 3.86. The molecule has 2 aliphatic rings. The first-order valence-corrected chi connectivity index (χ1v) is 19.1. The summed E-state index contributed by atoms with van der Waals surface area (Å²) >= 11 is 2.12. The van der Waals surface area contributed by atoms with Crippen molar-refractivity contribution in [3.8, 4) is 0 Å². The van der Waals surface area contributed by atoms with E-state index in [1.54, 1.807) is 21.0 Å². The molecule has 0 spiro atoms. The van der Waals surface area contributed by atoms with E-state index < -0.39 is 12.5 Å². The molecular formula is C38H80F2O5S. The van der Waals surface area contributed by atoms with Crippen LogP contribution >= 0.6 is 11.8 Å². The summed E-state index contributed by atoms with van der Waals surface area (Å²) in [4.78, 5) is 0. The molecule has 2 heterocycles. The number of ether oxygens (including phenoxy) is 5. The van der Waals surface area contributed by atoms with E-state index in [4.69, 9.17) is 18.9 Å². The molecule has 2 rings (SSSR count). The second kappa shape index (κ2) is 27.8. The van der Waals surface area contributed by atoms with E-state index in [1.165, 1.54) is 37.2 Å². The molecule has 0 amide bonds. The minimum absolute atomic E-state index is 0.0637. The summed E-state index contributed by atoms with van der Waals surface area (Å²) < 4.78 is 49.9. The van der Waals surface area contributed by atoms with E-state index in [0.29, 0.717) is 12.7 Å². The Morgan fingerprint density at radius 3 is 1.30 bits per heavy atom. The second-order valence-electron chi connectivity index (χ2n) is 15.5. The topological polar surface area (TPSA) is 46.2 Å². The first kappa shape index (κ1) is 50.4. The molecular weight excluding hydrogens is 606 g/mol. The molecule has 0 aliphatic carbocycles. The van der Waals surface area contributed by atoms with Crippen LogP contribution in [0.15, 0.2) is 0 Å². The Hall–Kier alpha value is 0.0100. The van der Waals surface area contributed by atoms with Crippen molar-refractivity contribution in [2.45, 2.75) is 178 Å². The lowest BCUT2D eigenvalue weighted by molar-refractivity contribution is -0.0927. The van der Waals surface area contributed by atoms with Crippen molar-refractivity contribution in [2.24, 2.45) is 23.7 Å². The minimum Gasteiger partial charge on any atom is -0.382 e. The zero-order chi connectivity index (χ0) is 36.6. The Bertz CT molecular complexity index is 630. The van der Waals surface area contributed by atoms with Gasteiger partial charge in [-0.1, -0.05) is 34.6 Å². The molecule has 2 aliphatic heterocycles. The molecule has 5 nitrogen and oxygen atoms in total. The van der Waals surface area contributed by atoms with Gasteiger partial charge in [-0.3, -0.25) is 0 Å². The maximum absolute atomic E-state index is 12.0. The van der Waals surface area contributed by atoms with Gasteiger partial charge in [0, 0.05) is 27.2 Å². The van der Waals surface area contributed by atoms with Crippen molar-refractivity contribution < 1.29 is 32.5 Å². The molecule has 0 bridgehead atoms. The monoisotopic (exact) mass is 687 g/mol. The number of hydrogen-bond donors (Lipinski definition) is 0. The van der Waals surface area contributed by atoms with Crippen LogP contribution in [0.25, 0.3) is 0 Å². The minimum atomic E-state index is -2.69. The maximum atomic E-state index is 12.0. The van der Waals surface area contributed by atoms with Gasteiger partial charge in [0.2, 0.25) is 0 Å². The fourth-order valence-electron chi connectivity index (χ4n) is 4.82. The SMILES string of the molecule is CC(C)C1CCOCC1.CC(C)C1CCSCC1.CC(C)OCC(C)(F)F.CCC(C)(C)OC(C)C.COCC(C)(C)OC(C)C. The molecule has 0 aromatic carbocycles. The number of hydrogen-bond acceptors (Lipinski definition) is 6. The average molecular weight is 687 g/mol. The molecule has 0 aromatic heterocycles. The third kappa shape index (κ3) is 36.8. The van der Waals surface area contributed by atoms with Gasteiger partial charge in [-0.15, -0.1) is 0 Å². The summed E-state index contributed by atoms with van der Waals surface area (Å²) in [6.45, 7) is 34.3. The summed E-state index contributed by atoms with van der Waals surface area (Å²) in [5.41, 5.74) is -0.0862. The van der Waals surface area contributed by atoms with Gasteiger partial charge in [0.15, 0.2) is 0 Å². The lowest BCUT2D eigenvalue weighted by Gasteiger charge is -2.26. The lowest BCUT2D eigenvalue weighted by Crippen LogP contribution is -2.32. The molecule has 46 heavy (non-hydrogen) atoms. The summed E-state index contributed by atoms with van der Waals surface area (Å²) in [6, 6.07) is 0. The zero-order valence-electron chi connectivity index (χ0n) is 33.5. The van der Waals surface area contributed by atoms with Gasteiger partial charge in [-0.05, 0) is 137 Å². The van der Waals surface area contributed by atoms with Crippen LogP contribution in [-0.2, 0) is 23.7 Å². The molecule has 8 heteroatoms. The molecule has 2 saturated heterocycles. The Balaban J connectivity index is -0.000000503. The second-order valence-corrected chi connectivity index (χ2v) is 16.7. The van der Waals surface area contributed by atoms with Gasteiger partial charge in [0.1, 0.15) is 6.61 Å². The Morgan fingerprint density at radius 2 is 1.07 bits per heavy atom. The van der Waals surface area contributed by atoms with Gasteiger partial charge in [0.25, 0.3) is 5.92 Å². The van der Waals surface area contributed by atoms with Crippen LogP contribution in [0.1, 0.15) is 143 Å². The van der Waals surface area contributed by atoms with E-state index >= 15 is 0 Å². The highest BCUT2D eigenvalue weighted by Crippen LogP contribution is 2.28. The van der Waals surface area contributed by atoms with Crippen LogP contribution in [0, 0.1) is 23.7 Å². The normalized spacial score (nSPS) is 16.7. The van der Waals surface area contributed by atoms with Gasteiger partial charge in [-0.25, -0.2) is 8.78 Å². The molecule has 0 N–H and O–H groups in total. The fraction of sp³-hybridized carbons (Fsp3) is 1.00. The first-order valence-electron chi connectivity index (χ1n) is 18.0. The van der Waals surface area contributed by atoms with E-state index in [0.717, 1.165) is 50.2 Å². The van der Waals surface area contributed by atoms with Crippen LogP contribution in [0.5, 0.6) is 0 Å². The number of halogens is 2. The molecule has 0 atom stereocenters. The van der Waals surface area contributed by atoms with Gasteiger partial charge >= 0.3 is 0 Å². The van der Waals surface area contributed by atoms with Crippen LogP contribution in [0.3, 0.4) is 0 Å². The third-order valence-electron chi connectivity index (χ3n) is 7.54. The van der Waals surface area contributed by atoms with Crippen molar-refractivity contribution in [1.29, 1.82) is 0 Å². The third-order valence-corrected chi connectivity index (χ3v) is 8.59. The molecule has 0 unspecified atom stereocenters. The van der Waals surface area contributed by atoms with Crippen LogP contribution in [0.2, 0.25) is 0 Å². The lowest BCUT2D eigenvalue weighted by atomic mass is 9.89. The van der Waals surface area contributed by atoms with Crippen molar-refractivity contribution in [3.63, 3.8) is 0 Å². The molecule has 0 aromatic rings. The predicted octanol–water partition coefficient (Wildman–Crippen LogP) is 11.4. The maximum Gasteiger partial charge on any atom is 0.268 e. The van der Waals surface area contributed by atoms with Crippen LogP contribution in [-0.4, -0.2) is 80.5 Å². The van der Waals surface area contributed by atoms with Crippen LogP contribution in [0.4, 0.5) is 8.78 Å². The quantitative estimate of drug-likeness (QED) is 0.204. The highest BCUT2D eigenvalue weighted by atomic mass is 32.2. The summed E-state index contributed by atoms with van der Waals surface area (Å²) in [6.07, 6.45) is 7.05. The van der Waals surface area contributed by atoms with Gasteiger partial charge < -0.3 is 23.7 Å². The van der Waals surface area contributed by atoms with E-state index in [2.05, 4.69) is 78.8 Å². The molecule has 0 saturated carbocycles. The first-order chi connectivity index (χ1) is 21.0. The smallest absolute Gasteiger partial charge is 0.268 e. The highest BCUT2D eigenvalue weighted by Gasteiger charge is 2.22. The zero-order valence-corrected chi connectivity index (χ0v) is 34.3. The van der Waals surface area contributed by atoms with Crippen molar-refractivity contribution in [2.75, 3.05) is 45.0 Å². The number of thioether (sulfide) groups is 1. The predicted molar refractivity (Wildman–Crippen MR) is 198 cm³/mol. The standard InChI is InChI=1S/C8H18O2.C8H16O.C8H18O.C8H16S.C6H12F2O/c1-7(2)10-8(3,4)6-9-5;1-7(2)8-3-5-9-6-4-8;1-6-8(4,5)9-7(2)3;1-7(2)8-3-5-9-6-4-8;1-5(2)9-4-6(3,7)8/h7H,6H2,1-5H3;7-8H,3-6H2,1-2H3;7H,6H2,1-5H3;7-8H,3-6H2,1-2H3;5H,4H2,1-3H3. The number of rotatable bonds is 12. The highest BCUT2D eigenvalue weighted by molar-refractivity contribution is 7.99. The average Bonchev–Trinajstić information content (AvgIpc) is 2.92. The summed E-state index contributed by atoms with van der Waals surface area (Å²) in [7, 11) is 1.69. The van der Waals surface area contributed by atoms with Gasteiger partial charge in [-0.2, -0.15) is 11.8 Å². The van der Waals surface area contributed by atoms with E-state index in [-0.39, 0.29) is 23.4 Å². The van der Waals surface area contributed by atoms with Crippen molar-refractivity contribution in [3.05, 3.63) is 0 Å². The van der Waals surface area contributed by atoms with Gasteiger partial charge in [0.05, 0.1) is 36.1 Å². The molecule has 2 fully saturated rings. The number of alkyl halides is 2. The Kier molecular flexibility index (Phi) is 30.4.